The van der Waals surface area contributed by atoms with Crippen LogP contribution in [0.5, 0.6) is 0 Å². The Bertz CT molecular complexity index is 616. The highest BCUT2D eigenvalue weighted by atomic mass is 16.4. The zero-order valence-corrected chi connectivity index (χ0v) is 10.7. The molecular formula is C14H16N2O3. The van der Waals surface area contributed by atoms with Crippen molar-refractivity contribution in [2.24, 2.45) is 0 Å². The summed E-state index contributed by atoms with van der Waals surface area (Å²) >= 11 is 0. The van der Waals surface area contributed by atoms with Crippen molar-refractivity contribution < 1.29 is 14.7 Å². The van der Waals surface area contributed by atoms with Gasteiger partial charge in [-0.15, -0.1) is 0 Å². The maximum absolute atomic E-state index is 11.7. The minimum Gasteiger partial charge on any atom is -0.478 e. The lowest BCUT2D eigenvalue weighted by molar-refractivity contribution is -0.121. The summed E-state index contributed by atoms with van der Waals surface area (Å²) in [6.45, 7) is 2.91. The molecular weight excluding hydrogens is 244 g/mol. The maximum Gasteiger partial charge on any atom is 0.335 e. The van der Waals surface area contributed by atoms with Crippen LogP contribution in [0.25, 0.3) is 10.9 Å². The summed E-state index contributed by atoms with van der Waals surface area (Å²) < 4.78 is 1.81. The molecule has 5 nitrogen and oxygen atoms in total. The molecule has 0 aliphatic carbocycles. The summed E-state index contributed by atoms with van der Waals surface area (Å²) in [6, 6.07) is 6.70. The first kappa shape index (κ1) is 13.1. The number of hydrogen-bond donors (Lipinski definition) is 2. The monoisotopic (exact) mass is 260 g/mol. The van der Waals surface area contributed by atoms with E-state index >= 15 is 0 Å². The molecule has 100 valence electrons. The fraction of sp³-hybridized carbons (Fsp3) is 0.286. The number of amides is 1. The number of nitrogens with one attached hydrogen (secondary N) is 1. The first-order valence-electron chi connectivity index (χ1n) is 6.20. The number of hydrogen-bond acceptors (Lipinski definition) is 2. The Morgan fingerprint density at radius 2 is 2.11 bits per heavy atom. The van der Waals surface area contributed by atoms with E-state index in [9.17, 15) is 9.59 Å². The van der Waals surface area contributed by atoms with Crippen LogP contribution in [0.15, 0.2) is 30.5 Å². The van der Waals surface area contributed by atoms with Gasteiger partial charge in [0.1, 0.15) is 6.54 Å². The van der Waals surface area contributed by atoms with Crippen LogP contribution in [0.4, 0.5) is 0 Å². The molecule has 0 fully saturated rings. The third kappa shape index (κ3) is 2.93. The molecule has 5 heteroatoms. The lowest BCUT2D eigenvalue weighted by Crippen LogP contribution is -2.27. The molecule has 0 aliphatic rings. The van der Waals surface area contributed by atoms with Gasteiger partial charge in [-0.3, -0.25) is 4.79 Å². The maximum atomic E-state index is 11.7. The molecule has 0 saturated heterocycles. The van der Waals surface area contributed by atoms with Crippen LogP contribution in [0.3, 0.4) is 0 Å². The van der Waals surface area contributed by atoms with E-state index in [2.05, 4.69) is 5.32 Å². The SMILES string of the molecule is CCCNC(=O)Cn1ccc2cc(C(=O)O)ccc21. The quantitative estimate of drug-likeness (QED) is 0.862. The summed E-state index contributed by atoms with van der Waals surface area (Å²) in [6.07, 6.45) is 2.70. The Hall–Kier alpha value is -2.30. The van der Waals surface area contributed by atoms with E-state index in [0.29, 0.717) is 6.54 Å². The lowest BCUT2D eigenvalue weighted by atomic mass is 10.1. The standard InChI is InChI=1S/C14H16N2O3/c1-2-6-15-13(17)9-16-7-5-10-8-11(14(18)19)3-4-12(10)16/h3-5,7-8H,2,6,9H2,1H3,(H,15,17)(H,18,19). The van der Waals surface area contributed by atoms with Crippen molar-refractivity contribution in [2.45, 2.75) is 19.9 Å². The van der Waals surface area contributed by atoms with Gasteiger partial charge in [0.25, 0.3) is 0 Å². The molecule has 0 saturated carbocycles. The average Bonchev–Trinajstić information content (AvgIpc) is 2.78. The van der Waals surface area contributed by atoms with Crippen molar-refractivity contribution in [3.05, 3.63) is 36.0 Å². The van der Waals surface area contributed by atoms with Crippen LogP contribution in [0.2, 0.25) is 0 Å². The van der Waals surface area contributed by atoms with E-state index in [4.69, 9.17) is 5.11 Å². The topological polar surface area (TPSA) is 71.3 Å². The van der Waals surface area contributed by atoms with Gasteiger partial charge < -0.3 is 15.0 Å². The molecule has 1 aromatic carbocycles. The summed E-state index contributed by atoms with van der Waals surface area (Å²) in [5.74, 6) is -0.989. The molecule has 0 unspecified atom stereocenters. The predicted molar refractivity (Wildman–Crippen MR) is 72.2 cm³/mol. The van der Waals surface area contributed by atoms with E-state index in [1.165, 1.54) is 0 Å². The molecule has 2 N–H and O–H groups in total. The zero-order chi connectivity index (χ0) is 13.8. The van der Waals surface area contributed by atoms with Gasteiger partial charge in [-0.1, -0.05) is 6.92 Å². The Morgan fingerprint density at radius 3 is 2.79 bits per heavy atom. The highest BCUT2D eigenvalue weighted by Gasteiger charge is 2.08. The lowest BCUT2D eigenvalue weighted by Gasteiger charge is -2.06. The highest BCUT2D eigenvalue weighted by Crippen LogP contribution is 2.17. The molecule has 0 spiro atoms. The summed E-state index contributed by atoms with van der Waals surface area (Å²) in [5, 5.41) is 12.6. The van der Waals surface area contributed by atoms with Crippen LogP contribution < -0.4 is 5.32 Å². The highest BCUT2D eigenvalue weighted by molar-refractivity contribution is 5.94. The number of carboxylic acid groups (broad SMARTS) is 1. The second kappa shape index (κ2) is 5.56. The van der Waals surface area contributed by atoms with Crippen molar-refractivity contribution in [1.29, 1.82) is 0 Å². The Morgan fingerprint density at radius 1 is 1.32 bits per heavy atom. The normalized spacial score (nSPS) is 10.6. The Kier molecular flexibility index (Phi) is 3.85. The minimum absolute atomic E-state index is 0.0401. The van der Waals surface area contributed by atoms with Crippen molar-refractivity contribution in [3.63, 3.8) is 0 Å². The number of carbonyl (C=O) groups is 2. The largest absolute Gasteiger partial charge is 0.478 e. The average molecular weight is 260 g/mol. The van der Waals surface area contributed by atoms with Crippen LogP contribution in [-0.4, -0.2) is 28.1 Å². The van der Waals surface area contributed by atoms with Crippen LogP contribution in [0.1, 0.15) is 23.7 Å². The Labute approximate surface area is 110 Å². The molecule has 1 aromatic heterocycles. The number of aromatic nitrogens is 1. The van der Waals surface area contributed by atoms with Crippen molar-refractivity contribution in [1.82, 2.24) is 9.88 Å². The molecule has 0 atom stereocenters. The van der Waals surface area contributed by atoms with Crippen molar-refractivity contribution in [3.8, 4) is 0 Å². The molecule has 0 aliphatic heterocycles. The van der Waals surface area contributed by atoms with E-state index in [-0.39, 0.29) is 18.0 Å². The molecule has 19 heavy (non-hydrogen) atoms. The van der Waals surface area contributed by atoms with Gasteiger partial charge in [0.15, 0.2) is 0 Å². The third-order valence-corrected chi connectivity index (χ3v) is 2.90. The van der Waals surface area contributed by atoms with Crippen LogP contribution >= 0.6 is 0 Å². The van der Waals surface area contributed by atoms with Gasteiger partial charge in [0.05, 0.1) is 5.56 Å². The van der Waals surface area contributed by atoms with E-state index in [1.54, 1.807) is 24.4 Å². The molecule has 2 aromatic rings. The van der Waals surface area contributed by atoms with Gasteiger partial charge in [-0.05, 0) is 30.7 Å². The van der Waals surface area contributed by atoms with Crippen molar-refractivity contribution in [2.75, 3.05) is 6.54 Å². The summed E-state index contributed by atoms with van der Waals surface area (Å²) in [5.41, 5.74) is 1.11. The first-order chi connectivity index (χ1) is 9.11. The second-order valence-electron chi connectivity index (χ2n) is 4.37. The number of aromatic carboxylic acids is 1. The molecule has 1 heterocycles. The van der Waals surface area contributed by atoms with Crippen LogP contribution in [-0.2, 0) is 11.3 Å². The number of carboxylic acids is 1. The van der Waals surface area contributed by atoms with Gasteiger partial charge in [0.2, 0.25) is 5.91 Å². The van der Waals surface area contributed by atoms with Crippen LogP contribution in [0, 0.1) is 0 Å². The Balaban J connectivity index is 2.21. The summed E-state index contributed by atoms with van der Waals surface area (Å²) in [4.78, 5) is 22.5. The number of benzene rings is 1. The van der Waals surface area contributed by atoms with Gasteiger partial charge in [-0.2, -0.15) is 0 Å². The summed E-state index contributed by atoms with van der Waals surface area (Å²) in [7, 11) is 0. The number of carbonyl (C=O) groups excluding carboxylic acids is 1. The predicted octanol–water partition coefficient (Wildman–Crippen LogP) is 1.87. The third-order valence-electron chi connectivity index (χ3n) is 2.90. The number of rotatable bonds is 5. The molecule has 1 amide bonds. The smallest absolute Gasteiger partial charge is 0.335 e. The van der Waals surface area contributed by atoms with Gasteiger partial charge in [-0.25, -0.2) is 4.79 Å². The fourth-order valence-electron chi connectivity index (χ4n) is 1.95. The van der Waals surface area contributed by atoms with Gasteiger partial charge >= 0.3 is 5.97 Å². The zero-order valence-electron chi connectivity index (χ0n) is 10.7. The van der Waals surface area contributed by atoms with Crippen molar-refractivity contribution >= 4 is 22.8 Å². The minimum atomic E-state index is -0.949. The van der Waals surface area contributed by atoms with Gasteiger partial charge in [0, 0.05) is 23.6 Å². The number of nitrogens with zero attached hydrogens (tertiary/aromatic N) is 1. The van der Waals surface area contributed by atoms with E-state index in [0.717, 1.165) is 17.3 Å². The second-order valence-corrected chi connectivity index (χ2v) is 4.37. The molecule has 2 rings (SSSR count). The molecule has 0 radical (unpaired) electrons. The van der Waals surface area contributed by atoms with E-state index < -0.39 is 5.97 Å². The fourth-order valence-corrected chi connectivity index (χ4v) is 1.95. The van der Waals surface area contributed by atoms with E-state index in [1.807, 2.05) is 17.6 Å². The number of fused-ring (bicyclic) bond motifs is 1. The first-order valence-corrected chi connectivity index (χ1v) is 6.20. The molecule has 0 bridgehead atoms.